The number of pyridine rings is 1. The zero-order valence-electron chi connectivity index (χ0n) is 8.23. The lowest BCUT2D eigenvalue weighted by molar-refractivity contribution is 0.0601. The van der Waals surface area contributed by atoms with Crippen LogP contribution >= 0.6 is 0 Å². The molecule has 0 bridgehead atoms. The van der Waals surface area contributed by atoms with Crippen molar-refractivity contribution in [2.24, 2.45) is 0 Å². The number of esters is 1. The van der Waals surface area contributed by atoms with Crippen molar-refractivity contribution >= 4 is 5.97 Å². The van der Waals surface area contributed by atoms with Gasteiger partial charge in [-0.1, -0.05) is 0 Å². The first-order valence-corrected chi connectivity index (χ1v) is 4.48. The minimum atomic E-state index is -0.346. The average molecular weight is 202 g/mol. The van der Waals surface area contributed by atoms with Crippen LogP contribution in [0.4, 0.5) is 0 Å². The summed E-state index contributed by atoms with van der Waals surface area (Å²) in [6, 6.07) is 5.50. The Kier molecular flexibility index (Phi) is 2.49. The molecule has 2 aromatic heterocycles. The van der Waals surface area contributed by atoms with E-state index in [0.29, 0.717) is 5.56 Å². The van der Waals surface area contributed by atoms with E-state index < -0.39 is 0 Å². The van der Waals surface area contributed by atoms with Crippen molar-refractivity contribution in [2.45, 2.75) is 0 Å². The van der Waals surface area contributed by atoms with E-state index in [-0.39, 0.29) is 5.97 Å². The monoisotopic (exact) mass is 202 g/mol. The highest BCUT2D eigenvalue weighted by Crippen LogP contribution is 2.17. The molecular weight excluding hydrogens is 192 g/mol. The highest BCUT2D eigenvalue weighted by molar-refractivity contribution is 5.90. The van der Waals surface area contributed by atoms with Gasteiger partial charge in [0, 0.05) is 29.8 Å². The molecule has 0 spiro atoms. The fraction of sp³-hybridized carbons (Fsp3) is 0.0909. The Hall–Kier alpha value is -2.10. The molecule has 0 atom stereocenters. The van der Waals surface area contributed by atoms with E-state index in [0.717, 1.165) is 11.3 Å². The molecule has 0 aliphatic carbocycles. The van der Waals surface area contributed by atoms with Gasteiger partial charge < -0.3 is 9.72 Å². The Bertz CT molecular complexity index is 462. The van der Waals surface area contributed by atoms with E-state index in [1.807, 2.05) is 12.1 Å². The van der Waals surface area contributed by atoms with Crippen LogP contribution in [0.25, 0.3) is 11.3 Å². The van der Waals surface area contributed by atoms with Crippen LogP contribution in [-0.2, 0) is 4.74 Å². The summed E-state index contributed by atoms with van der Waals surface area (Å²) in [4.78, 5) is 18.2. The third-order valence-corrected chi connectivity index (χ3v) is 2.08. The molecule has 0 saturated carbocycles. The summed E-state index contributed by atoms with van der Waals surface area (Å²) in [6.07, 6.45) is 5.05. The van der Waals surface area contributed by atoms with Crippen molar-refractivity contribution in [2.75, 3.05) is 7.11 Å². The molecule has 0 unspecified atom stereocenters. The number of nitrogens with one attached hydrogen (secondary N) is 1. The molecule has 15 heavy (non-hydrogen) atoms. The summed E-state index contributed by atoms with van der Waals surface area (Å²) >= 11 is 0. The predicted molar refractivity (Wildman–Crippen MR) is 55.4 cm³/mol. The molecule has 1 N–H and O–H groups in total. The normalized spacial score (nSPS) is 9.93. The Labute approximate surface area is 86.9 Å². The number of carbonyl (C=O) groups is 1. The van der Waals surface area contributed by atoms with Gasteiger partial charge in [-0.25, -0.2) is 4.79 Å². The minimum Gasteiger partial charge on any atom is -0.465 e. The van der Waals surface area contributed by atoms with Crippen molar-refractivity contribution in [3.63, 3.8) is 0 Å². The summed E-state index contributed by atoms with van der Waals surface area (Å²) in [6.45, 7) is 0. The van der Waals surface area contributed by atoms with Crippen molar-refractivity contribution in [3.05, 3.63) is 42.4 Å². The smallest absolute Gasteiger partial charge is 0.339 e. The summed E-state index contributed by atoms with van der Waals surface area (Å²) in [5.74, 6) is -0.346. The fourth-order valence-corrected chi connectivity index (χ4v) is 1.32. The van der Waals surface area contributed by atoms with E-state index in [1.165, 1.54) is 7.11 Å². The molecule has 76 valence electrons. The molecule has 2 aromatic rings. The van der Waals surface area contributed by atoms with Crippen LogP contribution in [0.15, 0.2) is 36.8 Å². The maximum Gasteiger partial charge on any atom is 0.339 e. The second kappa shape index (κ2) is 3.96. The molecule has 0 radical (unpaired) electrons. The van der Waals surface area contributed by atoms with Gasteiger partial charge in [-0.2, -0.15) is 0 Å². The highest BCUT2D eigenvalue weighted by Gasteiger charge is 2.08. The Morgan fingerprint density at radius 1 is 1.53 bits per heavy atom. The van der Waals surface area contributed by atoms with Crippen molar-refractivity contribution in [3.8, 4) is 11.3 Å². The van der Waals surface area contributed by atoms with Gasteiger partial charge in [0.1, 0.15) is 0 Å². The zero-order chi connectivity index (χ0) is 10.7. The molecule has 2 heterocycles. The summed E-state index contributed by atoms with van der Waals surface area (Å²) in [5, 5.41) is 0. The van der Waals surface area contributed by atoms with E-state index in [4.69, 9.17) is 0 Å². The van der Waals surface area contributed by atoms with Gasteiger partial charge in [-0.05, 0) is 18.2 Å². The van der Waals surface area contributed by atoms with E-state index >= 15 is 0 Å². The van der Waals surface area contributed by atoms with Gasteiger partial charge in [0.15, 0.2) is 0 Å². The number of rotatable bonds is 2. The number of H-pyrrole nitrogens is 1. The van der Waals surface area contributed by atoms with Crippen LogP contribution in [0.2, 0.25) is 0 Å². The Morgan fingerprint density at radius 2 is 2.40 bits per heavy atom. The van der Waals surface area contributed by atoms with Gasteiger partial charge in [0.05, 0.1) is 12.7 Å². The van der Waals surface area contributed by atoms with Gasteiger partial charge >= 0.3 is 5.97 Å². The van der Waals surface area contributed by atoms with Crippen molar-refractivity contribution in [1.29, 1.82) is 0 Å². The number of aromatic amines is 1. The average Bonchev–Trinajstić information content (AvgIpc) is 2.78. The number of ether oxygens (including phenoxy) is 1. The van der Waals surface area contributed by atoms with Gasteiger partial charge in [0.25, 0.3) is 0 Å². The SMILES string of the molecule is COC(=O)c1c[nH]c(-c2cccnc2)c1. The summed E-state index contributed by atoms with van der Waals surface area (Å²) < 4.78 is 4.61. The molecule has 0 aliphatic rings. The molecule has 0 fully saturated rings. The predicted octanol–water partition coefficient (Wildman–Crippen LogP) is 1.86. The van der Waals surface area contributed by atoms with Crippen molar-refractivity contribution < 1.29 is 9.53 Å². The molecule has 0 amide bonds. The minimum absolute atomic E-state index is 0.346. The number of hydrogen-bond acceptors (Lipinski definition) is 3. The number of methoxy groups -OCH3 is 1. The first-order valence-electron chi connectivity index (χ1n) is 4.48. The lowest BCUT2D eigenvalue weighted by atomic mass is 10.2. The van der Waals surface area contributed by atoms with Gasteiger partial charge in [-0.15, -0.1) is 0 Å². The third kappa shape index (κ3) is 1.88. The van der Waals surface area contributed by atoms with E-state index in [1.54, 1.807) is 24.7 Å². The zero-order valence-corrected chi connectivity index (χ0v) is 8.23. The Balaban J connectivity index is 2.32. The number of nitrogens with zero attached hydrogens (tertiary/aromatic N) is 1. The molecule has 4 nitrogen and oxygen atoms in total. The standard InChI is InChI=1S/C11H10N2O2/c1-15-11(14)9-5-10(13-7-9)8-3-2-4-12-6-8/h2-7,13H,1H3. The fourth-order valence-electron chi connectivity index (χ4n) is 1.32. The molecule has 0 aliphatic heterocycles. The van der Waals surface area contributed by atoms with Crippen LogP contribution in [0.5, 0.6) is 0 Å². The lowest BCUT2D eigenvalue weighted by Gasteiger charge is -1.94. The molecular formula is C11H10N2O2. The second-order valence-electron chi connectivity index (χ2n) is 3.04. The van der Waals surface area contributed by atoms with Crippen LogP contribution in [0.3, 0.4) is 0 Å². The van der Waals surface area contributed by atoms with E-state index in [2.05, 4.69) is 14.7 Å². The largest absolute Gasteiger partial charge is 0.465 e. The van der Waals surface area contributed by atoms with Crippen molar-refractivity contribution in [1.82, 2.24) is 9.97 Å². The third-order valence-electron chi connectivity index (χ3n) is 2.08. The van der Waals surface area contributed by atoms with Gasteiger partial charge in [0.2, 0.25) is 0 Å². The topological polar surface area (TPSA) is 55.0 Å². The highest BCUT2D eigenvalue weighted by atomic mass is 16.5. The number of hydrogen-bond donors (Lipinski definition) is 1. The second-order valence-corrected chi connectivity index (χ2v) is 3.04. The first kappa shape index (κ1) is 9.45. The molecule has 0 saturated heterocycles. The molecule has 2 rings (SSSR count). The number of carbonyl (C=O) groups excluding carboxylic acids is 1. The molecule has 4 heteroatoms. The van der Waals surface area contributed by atoms with Crippen LogP contribution < -0.4 is 0 Å². The van der Waals surface area contributed by atoms with Crippen LogP contribution in [0.1, 0.15) is 10.4 Å². The Morgan fingerprint density at radius 3 is 3.07 bits per heavy atom. The van der Waals surface area contributed by atoms with Crippen LogP contribution in [0, 0.1) is 0 Å². The maximum absolute atomic E-state index is 11.2. The van der Waals surface area contributed by atoms with E-state index in [9.17, 15) is 4.79 Å². The summed E-state index contributed by atoms with van der Waals surface area (Å²) in [7, 11) is 1.36. The quantitative estimate of drug-likeness (QED) is 0.756. The van der Waals surface area contributed by atoms with Crippen LogP contribution in [-0.4, -0.2) is 23.0 Å². The lowest BCUT2D eigenvalue weighted by Crippen LogP contribution is -1.98. The molecule has 0 aromatic carbocycles. The summed E-state index contributed by atoms with van der Waals surface area (Å²) in [5.41, 5.74) is 2.30. The maximum atomic E-state index is 11.2. The first-order chi connectivity index (χ1) is 7.31. The number of aromatic nitrogens is 2. The van der Waals surface area contributed by atoms with Gasteiger partial charge in [-0.3, -0.25) is 4.98 Å².